The van der Waals surface area contributed by atoms with Gasteiger partial charge in [0.1, 0.15) is 11.5 Å². The van der Waals surface area contributed by atoms with Crippen LogP contribution in [0.1, 0.15) is 34.3 Å². The SMILES string of the molecule is C=CS(=O)(=O)N1CCCC(N2CCc3c(Oc4ccc(C(F)(F)F)cc4)cccc3C2=O)C1. The van der Waals surface area contributed by atoms with Crippen LogP contribution in [0.25, 0.3) is 0 Å². The maximum atomic E-state index is 13.3. The number of sulfonamides is 1. The van der Waals surface area contributed by atoms with Crippen molar-refractivity contribution < 1.29 is 31.1 Å². The summed E-state index contributed by atoms with van der Waals surface area (Å²) < 4.78 is 69.9. The molecule has 176 valence electrons. The molecule has 2 aromatic rings. The van der Waals surface area contributed by atoms with Crippen LogP contribution in [0.2, 0.25) is 0 Å². The fraction of sp³-hybridized carbons (Fsp3) is 0.348. The van der Waals surface area contributed by atoms with E-state index in [1.54, 1.807) is 23.1 Å². The summed E-state index contributed by atoms with van der Waals surface area (Å²) in [6.07, 6.45) is -2.60. The lowest BCUT2D eigenvalue weighted by atomic mass is 9.95. The molecule has 0 radical (unpaired) electrons. The molecule has 0 spiro atoms. The predicted octanol–water partition coefficient (Wildman–Crippen LogP) is 4.43. The van der Waals surface area contributed by atoms with E-state index >= 15 is 0 Å². The zero-order chi connectivity index (χ0) is 23.8. The van der Waals surface area contributed by atoms with E-state index in [1.165, 1.54) is 16.4 Å². The highest BCUT2D eigenvalue weighted by molar-refractivity contribution is 7.92. The van der Waals surface area contributed by atoms with Gasteiger partial charge in [-0.2, -0.15) is 17.5 Å². The van der Waals surface area contributed by atoms with Crippen LogP contribution in [0.4, 0.5) is 13.2 Å². The molecule has 0 saturated carbocycles. The minimum Gasteiger partial charge on any atom is -0.457 e. The molecule has 0 aromatic heterocycles. The first-order valence-corrected chi connectivity index (χ1v) is 12.0. The summed E-state index contributed by atoms with van der Waals surface area (Å²) in [5.74, 6) is 0.445. The highest BCUT2D eigenvalue weighted by Gasteiger charge is 2.36. The first kappa shape index (κ1) is 23.3. The monoisotopic (exact) mass is 480 g/mol. The molecule has 1 amide bonds. The Morgan fingerprint density at radius 2 is 1.82 bits per heavy atom. The third-order valence-corrected chi connectivity index (χ3v) is 7.48. The highest BCUT2D eigenvalue weighted by atomic mass is 32.2. The predicted molar refractivity (Wildman–Crippen MR) is 116 cm³/mol. The Morgan fingerprint density at radius 3 is 2.48 bits per heavy atom. The number of alkyl halides is 3. The number of ether oxygens (including phenoxy) is 1. The Morgan fingerprint density at radius 1 is 1.09 bits per heavy atom. The molecule has 2 aliphatic heterocycles. The number of carbonyl (C=O) groups excluding carboxylic acids is 1. The van der Waals surface area contributed by atoms with Gasteiger partial charge in [0.15, 0.2) is 0 Å². The maximum absolute atomic E-state index is 13.3. The smallest absolute Gasteiger partial charge is 0.416 e. The molecule has 4 rings (SSSR count). The lowest BCUT2D eigenvalue weighted by Gasteiger charge is -2.40. The summed E-state index contributed by atoms with van der Waals surface area (Å²) in [4.78, 5) is 15.0. The molecule has 0 bridgehead atoms. The molecule has 2 aliphatic rings. The van der Waals surface area contributed by atoms with Gasteiger partial charge < -0.3 is 9.64 Å². The van der Waals surface area contributed by atoms with Gasteiger partial charge in [0, 0.05) is 42.2 Å². The van der Waals surface area contributed by atoms with Crippen molar-refractivity contribution in [3.05, 3.63) is 71.1 Å². The molecular formula is C23H23F3N2O4S. The minimum atomic E-state index is -4.43. The molecule has 2 aromatic carbocycles. The van der Waals surface area contributed by atoms with E-state index in [0.29, 0.717) is 49.2 Å². The van der Waals surface area contributed by atoms with Crippen molar-refractivity contribution in [2.75, 3.05) is 19.6 Å². The number of benzene rings is 2. The van der Waals surface area contributed by atoms with E-state index in [9.17, 15) is 26.4 Å². The fourth-order valence-corrected chi connectivity index (χ4v) is 5.28. The van der Waals surface area contributed by atoms with Crippen molar-refractivity contribution in [1.82, 2.24) is 9.21 Å². The van der Waals surface area contributed by atoms with E-state index in [0.717, 1.165) is 17.5 Å². The number of piperidine rings is 1. The lowest BCUT2D eigenvalue weighted by molar-refractivity contribution is -0.137. The van der Waals surface area contributed by atoms with Gasteiger partial charge in [0.2, 0.25) is 10.0 Å². The molecule has 10 heteroatoms. The zero-order valence-electron chi connectivity index (χ0n) is 17.7. The second-order valence-corrected chi connectivity index (χ2v) is 9.90. The third kappa shape index (κ3) is 4.77. The van der Waals surface area contributed by atoms with Crippen LogP contribution < -0.4 is 4.74 Å². The topological polar surface area (TPSA) is 66.9 Å². The average molecular weight is 481 g/mol. The van der Waals surface area contributed by atoms with Gasteiger partial charge in [0.05, 0.1) is 5.56 Å². The van der Waals surface area contributed by atoms with Crippen LogP contribution in [-0.2, 0) is 22.6 Å². The van der Waals surface area contributed by atoms with Gasteiger partial charge in [-0.15, -0.1) is 0 Å². The molecule has 1 fully saturated rings. The second-order valence-electron chi connectivity index (χ2n) is 8.02. The number of amides is 1. The second kappa shape index (κ2) is 8.83. The summed E-state index contributed by atoms with van der Waals surface area (Å²) in [6, 6.07) is 9.17. The van der Waals surface area contributed by atoms with Crippen LogP contribution in [-0.4, -0.2) is 49.2 Å². The first-order valence-electron chi connectivity index (χ1n) is 10.5. The Balaban J connectivity index is 1.53. The molecule has 0 N–H and O–H groups in total. The number of hydrogen-bond donors (Lipinski definition) is 0. The van der Waals surface area contributed by atoms with E-state index in [4.69, 9.17) is 4.74 Å². The summed E-state index contributed by atoms with van der Waals surface area (Å²) in [6.45, 7) is 4.38. The maximum Gasteiger partial charge on any atom is 0.416 e. The Labute approximate surface area is 190 Å². The number of nitrogens with zero attached hydrogens (tertiary/aromatic N) is 2. The summed E-state index contributed by atoms with van der Waals surface area (Å²) in [5, 5.41) is 0.924. The van der Waals surface area contributed by atoms with Crippen LogP contribution in [0.3, 0.4) is 0 Å². The standard InChI is InChI=1S/C23H23F3N2O4S/c1-2-33(30,31)27-13-4-5-17(15-27)28-14-12-19-20(22(28)29)6-3-7-21(19)32-18-10-8-16(9-11-18)23(24,25)26/h2-3,6-11,17H,1,4-5,12-15H2. The molecular weight excluding hydrogens is 457 g/mol. The van der Waals surface area contributed by atoms with Gasteiger partial charge in [-0.05, 0) is 55.7 Å². The van der Waals surface area contributed by atoms with Gasteiger partial charge in [-0.3, -0.25) is 4.79 Å². The first-order chi connectivity index (χ1) is 15.6. The van der Waals surface area contributed by atoms with Crippen molar-refractivity contribution in [3.8, 4) is 11.5 Å². The lowest BCUT2D eigenvalue weighted by Crippen LogP contribution is -2.53. The normalized spacial score (nSPS) is 19.8. The number of rotatable bonds is 5. The van der Waals surface area contributed by atoms with E-state index in [2.05, 4.69) is 6.58 Å². The molecule has 1 atom stereocenters. The van der Waals surface area contributed by atoms with Gasteiger partial charge >= 0.3 is 6.18 Å². The van der Waals surface area contributed by atoms with E-state index in [-0.39, 0.29) is 24.2 Å². The number of carbonyl (C=O) groups is 1. The number of fused-ring (bicyclic) bond motifs is 1. The van der Waals surface area contributed by atoms with E-state index in [1.807, 2.05) is 0 Å². The summed E-state index contributed by atoms with van der Waals surface area (Å²) in [5.41, 5.74) is 0.371. The van der Waals surface area contributed by atoms with Gasteiger partial charge in [0.25, 0.3) is 5.91 Å². The van der Waals surface area contributed by atoms with Gasteiger partial charge in [-0.25, -0.2) is 8.42 Å². The molecule has 0 aliphatic carbocycles. The average Bonchev–Trinajstić information content (AvgIpc) is 2.79. The van der Waals surface area contributed by atoms with Crippen molar-refractivity contribution >= 4 is 15.9 Å². The zero-order valence-corrected chi connectivity index (χ0v) is 18.5. The van der Waals surface area contributed by atoms with Crippen molar-refractivity contribution in [2.45, 2.75) is 31.5 Å². The van der Waals surface area contributed by atoms with E-state index < -0.39 is 21.8 Å². The quantitative estimate of drug-likeness (QED) is 0.635. The van der Waals surface area contributed by atoms with Crippen LogP contribution >= 0.6 is 0 Å². The molecule has 33 heavy (non-hydrogen) atoms. The fourth-order valence-electron chi connectivity index (χ4n) is 4.31. The van der Waals surface area contributed by atoms with Crippen LogP contribution in [0.15, 0.2) is 54.5 Å². The molecule has 1 saturated heterocycles. The Bertz CT molecular complexity index is 1160. The van der Waals surface area contributed by atoms with Gasteiger partial charge in [-0.1, -0.05) is 12.6 Å². The van der Waals surface area contributed by atoms with Crippen LogP contribution in [0.5, 0.6) is 11.5 Å². The Hall–Kier alpha value is -2.85. The molecule has 2 heterocycles. The van der Waals surface area contributed by atoms with Crippen molar-refractivity contribution in [1.29, 1.82) is 0 Å². The molecule has 6 nitrogen and oxygen atoms in total. The van der Waals surface area contributed by atoms with Crippen molar-refractivity contribution in [3.63, 3.8) is 0 Å². The summed E-state index contributed by atoms with van der Waals surface area (Å²) in [7, 11) is -3.56. The minimum absolute atomic E-state index is 0.211. The Kier molecular flexibility index (Phi) is 6.24. The summed E-state index contributed by atoms with van der Waals surface area (Å²) >= 11 is 0. The van der Waals surface area contributed by atoms with Crippen molar-refractivity contribution in [2.24, 2.45) is 0 Å². The highest BCUT2D eigenvalue weighted by Crippen LogP contribution is 2.35. The number of halogens is 3. The largest absolute Gasteiger partial charge is 0.457 e. The molecule has 1 unspecified atom stereocenters. The number of hydrogen-bond acceptors (Lipinski definition) is 4. The third-order valence-electron chi connectivity index (χ3n) is 6.01. The van der Waals surface area contributed by atoms with Crippen LogP contribution in [0, 0.1) is 0 Å².